The number of pyridine rings is 1. The van der Waals surface area contributed by atoms with Gasteiger partial charge in [-0.25, -0.2) is 9.78 Å². The van der Waals surface area contributed by atoms with Gasteiger partial charge in [0, 0.05) is 18.8 Å². The van der Waals surface area contributed by atoms with Gasteiger partial charge in [-0.15, -0.1) is 0 Å². The summed E-state index contributed by atoms with van der Waals surface area (Å²) < 4.78 is 5.30. The zero-order valence-electron chi connectivity index (χ0n) is 15.6. The summed E-state index contributed by atoms with van der Waals surface area (Å²) in [6, 6.07) is 4.44. The number of amides is 1. The van der Waals surface area contributed by atoms with E-state index >= 15 is 0 Å². The first-order chi connectivity index (χ1) is 11.2. The molecule has 0 bridgehead atoms. The molecule has 24 heavy (non-hydrogen) atoms. The molecule has 1 aliphatic heterocycles. The van der Waals surface area contributed by atoms with Crippen molar-refractivity contribution in [3.63, 3.8) is 0 Å². The van der Waals surface area contributed by atoms with Crippen LogP contribution in [-0.2, 0) is 4.74 Å². The number of hydrogen-bond acceptors (Lipinski definition) is 4. The highest BCUT2D eigenvalue weighted by molar-refractivity contribution is 5.83. The minimum absolute atomic E-state index is 0.406. The molecule has 1 aliphatic rings. The van der Waals surface area contributed by atoms with Gasteiger partial charge in [-0.05, 0) is 63.8 Å². The van der Waals surface area contributed by atoms with E-state index in [1.165, 1.54) is 18.4 Å². The molecule has 1 fully saturated rings. The smallest absolute Gasteiger partial charge is 0.413 e. The fourth-order valence-electron chi connectivity index (χ4n) is 3.19. The second kappa shape index (κ2) is 7.97. The summed E-state index contributed by atoms with van der Waals surface area (Å²) in [5.74, 6) is 1.20. The van der Waals surface area contributed by atoms with Crippen LogP contribution in [0.2, 0.25) is 0 Å². The number of nitrogens with zero attached hydrogens (tertiary/aromatic N) is 2. The van der Waals surface area contributed by atoms with Gasteiger partial charge in [0.1, 0.15) is 11.4 Å². The molecule has 0 aromatic carbocycles. The van der Waals surface area contributed by atoms with E-state index in [4.69, 9.17) is 4.74 Å². The molecule has 2 heterocycles. The molecule has 2 rings (SSSR count). The van der Waals surface area contributed by atoms with Gasteiger partial charge in [0.2, 0.25) is 0 Å². The van der Waals surface area contributed by atoms with Gasteiger partial charge < -0.3 is 4.74 Å². The maximum absolute atomic E-state index is 11.9. The van der Waals surface area contributed by atoms with E-state index in [9.17, 15) is 4.79 Å². The van der Waals surface area contributed by atoms with Crippen molar-refractivity contribution in [2.75, 3.05) is 18.4 Å². The molecule has 5 heteroatoms. The van der Waals surface area contributed by atoms with E-state index in [2.05, 4.69) is 35.1 Å². The van der Waals surface area contributed by atoms with Crippen LogP contribution in [0.15, 0.2) is 18.3 Å². The van der Waals surface area contributed by atoms with Crippen LogP contribution >= 0.6 is 0 Å². The number of ether oxygens (including phenoxy) is 1. The Kier molecular flexibility index (Phi) is 6.21. The summed E-state index contributed by atoms with van der Waals surface area (Å²) >= 11 is 0. The zero-order chi connectivity index (χ0) is 17.7. The van der Waals surface area contributed by atoms with Crippen LogP contribution in [0.3, 0.4) is 0 Å². The van der Waals surface area contributed by atoms with E-state index in [-0.39, 0.29) is 0 Å². The summed E-state index contributed by atoms with van der Waals surface area (Å²) in [7, 11) is 0. The fourth-order valence-corrected chi connectivity index (χ4v) is 3.19. The van der Waals surface area contributed by atoms with Gasteiger partial charge in [-0.2, -0.15) is 0 Å². The molecular formula is C19H31N3O2. The van der Waals surface area contributed by atoms with Crippen LogP contribution in [0.1, 0.15) is 65.5 Å². The first kappa shape index (κ1) is 18.7. The number of carbonyl (C=O) groups is 1. The van der Waals surface area contributed by atoms with Crippen LogP contribution in [0.25, 0.3) is 0 Å². The number of aromatic nitrogens is 1. The van der Waals surface area contributed by atoms with E-state index < -0.39 is 11.7 Å². The summed E-state index contributed by atoms with van der Waals surface area (Å²) in [4.78, 5) is 18.8. The molecule has 5 nitrogen and oxygen atoms in total. The van der Waals surface area contributed by atoms with Crippen molar-refractivity contribution >= 4 is 11.9 Å². The quantitative estimate of drug-likeness (QED) is 0.874. The average molecular weight is 333 g/mol. The van der Waals surface area contributed by atoms with Crippen molar-refractivity contribution in [3.8, 4) is 0 Å². The zero-order valence-corrected chi connectivity index (χ0v) is 15.6. The Labute approximate surface area is 145 Å². The normalized spacial score (nSPS) is 19.3. The van der Waals surface area contributed by atoms with Crippen LogP contribution in [0.5, 0.6) is 0 Å². The number of hydrogen-bond donors (Lipinski definition) is 1. The van der Waals surface area contributed by atoms with Gasteiger partial charge in [0.15, 0.2) is 0 Å². The molecule has 134 valence electrons. The molecule has 0 unspecified atom stereocenters. The van der Waals surface area contributed by atoms with Crippen LogP contribution in [0.4, 0.5) is 10.6 Å². The third-order valence-electron chi connectivity index (χ3n) is 4.01. The Morgan fingerprint density at radius 2 is 2.17 bits per heavy atom. The second-order valence-corrected chi connectivity index (χ2v) is 8.00. The molecular weight excluding hydrogens is 302 g/mol. The lowest BCUT2D eigenvalue weighted by atomic mass is 9.95. The number of nitrogens with one attached hydrogen (secondary N) is 1. The highest BCUT2D eigenvalue weighted by Gasteiger charge is 2.25. The number of anilines is 1. The molecule has 1 amide bonds. The molecule has 0 aliphatic carbocycles. The molecule has 0 saturated carbocycles. The van der Waals surface area contributed by atoms with Gasteiger partial charge in [0.25, 0.3) is 0 Å². The lowest BCUT2D eigenvalue weighted by Crippen LogP contribution is -2.36. The lowest BCUT2D eigenvalue weighted by Gasteiger charge is -2.37. The highest BCUT2D eigenvalue weighted by atomic mass is 16.6. The third kappa shape index (κ3) is 5.78. The summed E-state index contributed by atoms with van der Waals surface area (Å²) in [5, 5.41) is 2.74. The van der Waals surface area contributed by atoms with Gasteiger partial charge in [-0.3, -0.25) is 10.2 Å². The van der Waals surface area contributed by atoms with Gasteiger partial charge >= 0.3 is 6.09 Å². The predicted octanol–water partition coefficient (Wildman–Crippen LogP) is 4.61. The largest absolute Gasteiger partial charge is 0.444 e. The monoisotopic (exact) mass is 333 g/mol. The van der Waals surface area contributed by atoms with Crippen LogP contribution in [-0.4, -0.2) is 34.7 Å². The Morgan fingerprint density at radius 3 is 2.83 bits per heavy atom. The predicted molar refractivity (Wildman–Crippen MR) is 97.1 cm³/mol. The first-order valence-electron chi connectivity index (χ1n) is 8.94. The van der Waals surface area contributed by atoms with Crippen LogP contribution in [0, 0.1) is 5.92 Å². The summed E-state index contributed by atoms with van der Waals surface area (Å²) in [6.45, 7) is 12.3. The van der Waals surface area contributed by atoms with Crippen molar-refractivity contribution in [3.05, 3.63) is 23.9 Å². The maximum atomic E-state index is 11.9. The standard InChI is InChI=1S/C19H31N3O2/c1-14(2)13-22-11-7-6-8-16(22)15-9-10-20-17(12-15)21-18(23)24-19(3,4)5/h9-10,12,14,16H,6-8,11,13H2,1-5H3,(H,20,21,23)/t16-/m1/s1. The molecule has 1 aromatic rings. The number of rotatable bonds is 4. The van der Waals surface area contributed by atoms with Crippen molar-refractivity contribution in [1.29, 1.82) is 0 Å². The lowest BCUT2D eigenvalue weighted by molar-refractivity contribution is 0.0635. The third-order valence-corrected chi connectivity index (χ3v) is 4.01. The number of piperidine rings is 1. The van der Waals surface area contributed by atoms with Crippen molar-refractivity contribution in [2.45, 2.75) is 65.5 Å². The fraction of sp³-hybridized carbons (Fsp3) is 0.684. The average Bonchev–Trinajstić information content (AvgIpc) is 2.45. The van der Waals surface area contributed by atoms with Gasteiger partial charge in [-0.1, -0.05) is 20.3 Å². The highest BCUT2D eigenvalue weighted by Crippen LogP contribution is 2.32. The second-order valence-electron chi connectivity index (χ2n) is 8.00. The Hall–Kier alpha value is -1.62. The molecule has 0 radical (unpaired) electrons. The number of carbonyl (C=O) groups excluding carboxylic acids is 1. The van der Waals surface area contributed by atoms with Crippen LogP contribution < -0.4 is 5.32 Å². The molecule has 0 spiro atoms. The molecule has 1 N–H and O–H groups in total. The van der Waals surface area contributed by atoms with E-state index in [1.54, 1.807) is 6.20 Å². The van der Waals surface area contributed by atoms with E-state index in [0.29, 0.717) is 17.8 Å². The Balaban J connectivity index is 2.09. The minimum Gasteiger partial charge on any atom is -0.444 e. The van der Waals surface area contributed by atoms with E-state index in [1.807, 2.05) is 26.8 Å². The summed E-state index contributed by atoms with van der Waals surface area (Å²) in [6.07, 6.45) is 4.97. The SMILES string of the molecule is CC(C)CN1CCCC[C@@H]1c1ccnc(NC(=O)OC(C)(C)C)c1. The minimum atomic E-state index is -0.515. The topological polar surface area (TPSA) is 54.5 Å². The molecule has 1 aromatic heterocycles. The number of likely N-dealkylation sites (tertiary alicyclic amines) is 1. The first-order valence-corrected chi connectivity index (χ1v) is 8.94. The Bertz CT molecular complexity index is 552. The molecule has 1 saturated heterocycles. The maximum Gasteiger partial charge on any atom is 0.413 e. The van der Waals surface area contributed by atoms with Crippen molar-refractivity contribution in [1.82, 2.24) is 9.88 Å². The van der Waals surface area contributed by atoms with Crippen molar-refractivity contribution in [2.24, 2.45) is 5.92 Å². The van der Waals surface area contributed by atoms with Gasteiger partial charge in [0.05, 0.1) is 0 Å². The van der Waals surface area contributed by atoms with E-state index in [0.717, 1.165) is 19.5 Å². The molecule has 1 atom stereocenters. The Morgan fingerprint density at radius 1 is 1.42 bits per heavy atom. The summed E-state index contributed by atoms with van der Waals surface area (Å²) in [5.41, 5.74) is 0.704. The van der Waals surface area contributed by atoms with Crippen molar-refractivity contribution < 1.29 is 9.53 Å².